The second-order valence-electron chi connectivity index (χ2n) is 4.80. The Labute approximate surface area is 123 Å². The molecule has 1 unspecified atom stereocenters. The molecule has 0 saturated carbocycles. The first kappa shape index (κ1) is 16.9. The van der Waals surface area contributed by atoms with Gasteiger partial charge >= 0.3 is 0 Å². The molecule has 21 heavy (non-hydrogen) atoms. The molecule has 0 aliphatic carbocycles. The highest BCUT2D eigenvalue weighted by Crippen LogP contribution is 2.19. The Morgan fingerprint density at radius 1 is 1.43 bits per heavy atom. The van der Waals surface area contributed by atoms with Gasteiger partial charge in [-0.25, -0.2) is 4.39 Å². The van der Waals surface area contributed by atoms with Crippen LogP contribution in [0.3, 0.4) is 0 Å². The maximum Gasteiger partial charge on any atom is 0.241 e. The average Bonchev–Trinajstić information content (AvgIpc) is 2.46. The van der Waals surface area contributed by atoms with Gasteiger partial charge in [0.1, 0.15) is 5.82 Å². The van der Waals surface area contributed by atoms with E-state index in [2.05, 4.69) is 10.6 Å². The van der Waals surface area contributed by atoms with E-state index in [1.807, 2.05) is 0 Å². The summed E-state index contributed by atoms with van der Waals surface area (Å²) in [4.78, 5) is 25.0. The molecule has 0 aliphatic rings. The number of halogens is 1. The number of rotatable bonds is 6. The highest BCUT2D eigenvalue weighted by Gasteiger charge is 2.19. The second kappa shape index (κ2) is 7.58. The van der Waals surface area contributed by atoms with Crippen molar-refractivity contribution in [2.45, 2.75) is 19.4 Å². The van der Waals surface area contributed by atoms with Crippen LogP contribution in [-0.2, 0) is 9.59 Å². The summed E-state index contributed by atoms with van der Waals surface area (Å²) in [6, 6.07) is 3.35. The molecule has 0 spiro atoms. The summed E-state index contributed by atoms with van der Waals surface area (Å²) >= 11 is 0. The van der Waals surface area contributed by atoms with Crippen LogP contribution in [0.5, 0.6) is 0 Å². The van der Waals surface area contributed by atoms with Crippen molar-refractivity contribution >= 4 is 23.2 Å². The first-order valence-electron chi connectivity index (χ1n) is 6.62. The molecule has 0 aliphatic heterocycles. The molecule has 116 valence electrons. The first-order chi connectivity index (χ1) is 9.85. The van der Waals surface area contributed by atoms with Crippen molar-refractivity contribution in [3.8, 4) is 0 Å². The van der Waals surface area contributed by atoms with Crippen molar-refractivity contribution in [1.29, 1.82) is 0 Å². The summed E-state index contributed by atoms with van der Waals surface area (Å²) in [5, 5.41) is 5.17. The standard InChI is InChI=1S/C14H21FN4O2/c1-9(19(3)7-6-13(20)17-2)14(21)18-12-5-4-10(15)8-11(12)16/h4-5,8-9H,6-7,16H2,1-3H3,(H,17,20)(H,18,21). The third-order valence-corrected chi connectivity index (χ3v) is 3.28. The van der Waals surface area contributed by atoms with Gasteiger partial charge in [0.25, 0.3) is 0 Å². The Kier molecular flexibility index (Phi) is 6.10. The molecule has 6 nitrogen and oxygen atoms in total. The highest BCUT2D eigenvalue weighted by molar-refractivity contribution is 5.97. The fourth-order valence-corrected chi connectivity index (χ4v) is 1.68. The lowest BCUT2D eigenvalue weighted by molar-refractivity contribution is -0.123. The molecule has 0 radical (unpaired) electrons. The minimum absolute atomic E-state index is 0.0859. The van der Waals surface area contributed by atoms with E-state index in [4.69, 9.17) is 5.73 Å². The summed E-state index contributed by atoms with van der Waals surface area (Å²) < 4.78 is 12.9. The lowest BCUT2D eigenvalue weighted by Crippen LogP contribution is -2.41. The minimum Gasteiger partial charge on any atom is -0.397 e. The largest absolute Gasteiger partial charge is 0.397 e. The van der Waals surface area contributed by atoms with Gasteiger partial charge in [-0.15, -0.1) is 0 Å². The minimum atomic E-state index is -0.457. The lowest BCUT2D eigenvalue weighted by Gasteiger charge is -2.23. The van der Waals surface area contributed by atoms with Crippen molar-refractivity contribution in [3.05, 3.63) is 24.0 Å². The second-order valence-corrected chi connectivity index (χ2v) is 4.80. The van der Waals surface area contributed by atoms with Crippen molar-refractivity contribution in [1.82, 2.24) is 10.2 Å². The number of nitrogens with two attached hydrogens (primary N) is 1. The van der Waals surface area contributed by atoms with Crippen LogP contribution in [0.2, 0.25) is 0 Å². The number of amides is 2. The highest BCUT2D eigenvalue weighted by atomic mass is 19.1. The topological polar surface area (TPSA) is 87.5 Å². The van der Waals surface area contributed by atoms with E-state index in [1.54, 1.807) is 25.9 Å². The fraction of sp³-hybridized carbons (Fsp3) is 0.429. The van der Waals surface area contributed by atoms with Crippen LogP contribution < -0.4 is 16.4 Å². The molecule has 0 bridgehead atoms. The van der Waals surface area contributed by atoms with Crippen molar-refractivity contribution in [3.63, 3.8) is 0 Å². The summed E-state index contributed by atoms with van der Waals surface area (Å²) in [5.74, 6) is -0.814. The number of likely N-dealkylation sites (N-methyl/N-ethyl adjacent to an activating group) is 1. The zero-order valence-corrected chi connectivity index (χ0v) is 12.4. The monoisotopic (exact) mass is 296 g/mol. The van der Waals surface area contributed by atoms with Gasteiger partial charge in [-0.1, -0.05) is 0 Å². The zero-order valence-electron chi connectivity index (χ0n) is 12.4. The van der Waals surface area contributed by atoms with E-state index in [1.165, 1.54) is 12.1 Å². The van der Waals surface area contributed by atoms with Crippen molar-refractivity contribution < 1.29 is 14.0 Å². The maximum absolute atomic E-state index is 12.9. The van der Waals surface area contributed by atoms with E-state index in [0.717, 1.165) is 6.07 Å². The summed E-state index contributed by atoms with van der Waals surface area (Å²) in [6.07, 6.45) is 0.309. The Morgan fingerprint density at radius 2 is 2.10 bits per heavy atom. The molecule has 1 aromatic rings. The Bertz CT molecular complexity index is 522. The average molecular weight is 296 g/mol. The summed E-state index contributed by atoms with van der Waals surface area (Å²) in [6.45, 7) is 2.17. The SMILES string of the molecule is CNC(=O)CCN(C)C(C)C(=O)Nc1ccc(F)cc1N. The number of carbonyl (C=O) groups is 2. The number of nitrogen functional groups attached to an aromatic ring is 1. The van der Waals surface area contributed by atoms with Crippen LogP contribution in [0.1, 0.15) is 13.3 Å². The van der Waals surface area contributed by atoms with Gasteiger partial charge < -0.3 is 16.4 Å². The van der Waals surface area contributed by atoms with Gasteiger partial charge in [-0.05, 0) is 32.2 Å². The van der Waals surface area contributed by atoms with Crippen LogP contribution in [0, 0.1) is 5.82 Å². The molecule has 0 saturated heterocycles. The van der Waals surface area contributed by atoms with Gasteiger partial charge in [-0.3, -0.25) is 14.5 Å². The summed E-state index contributed by atoms with van der Waals surface area (Å²) in [5.41, 5.74) is 6.18. The molecule has 1 aromatic carbocycles. The van der Waals surface area contributed by atoms with Crippen LogP contribution in [-0.4, -0.2) is 43.4 Å². The smallest absolute Gasteiger partial charge is 0.241 e. The number of hydrogen-bond donors (Lipinski definition) is 3. The molecular formula is C14H21FN4O2. The Morgan fingerprint density at radius 3 is 2.67 bits per heavy atom. The normalized spacial score (nSPS) is 12.0. The van der Waals surface area contributed by atoms with E-state index in [0.29, 0.717) is 18.7 Å². The van der Waals surface area contributed by atoms with Gasteiger partial charge in [0.05, 0.1) is 17.4 Å². The quantitative estimate of drug-likeness (QED) is 0.678. The molecule has 0 aromatic heterocycles. The number of benzene rings is 1. The Balaban J connectivity index is 2.59. The van der Waals surface area contributed by atoms with E-state index in [-0.39, 0.29) is 17.5 Å². The number of nitrogens with zero attached hydrogens (tertiary/aromatic N) is 1. The molecule has 0 heterocycles. The number of anilines is 2. The molecule has 1 rings (SSSR count). The lowest BCUT2D eigenvalue weighted by atomic mass is 10.2. The zero-order chi connectivity index (χ0) is 16.0. The maximum atomic E-state index is 12.9. The number of nitrogens with one attached hydrogen (secondary N) is 2. The van der Waals surface area contributed by atoms with Gasteiger partial charge in [0.2, 0.25) is 11.8 Å². The van der Waals surface area contributed by atoms with Crippen molar-refractivity contribution in [2.24, 2.45) is 0 Å². The number of hydrogen-bond acceptors (Lipinski definition) is 4. The molecule has 2 amide bonds. The van der Waals surface area contributed by atoms with Crippen LogP contribution in [0.15, 0.2) is 18.2 Å². The summed E-state index contributed by atoms with van der Waals surface area (Å²) in [7, 11) is 3.32. The van der Waals surface area contributed by atoms with E-state index >= 15 is 0 Å². The van der Waals surface area contributed by atoms with Crippen LogP contribution >= 0.6 is 0 Å². The van der Waals surface area contributed by atoms with Crippen LogP contribution in [0.4, 0.5) is 15.8 Å². The molecule has 1 atom stereocenters. The van der Waals surface area contributed by atoms with E-state index in [9.17, 15) is 14.0 Å². The fourth-order valence-electron chi connectivity index (χ4n) is 1.68. The number of carbonyl (C=O) groups excluding carboxylic acids is 2. The molecule has 7 heteroatoms. The van der Waals surface area contributed by atoms with Crippen molar-refractivity contribution in [2.75, 3.05) is 31.7 Å². The Hall–Kier alpha value is -2.15. The predicted octanol–water partition coefficient (Wildman–Crippen LogP) is 0.803. The van der Waals surface area contributed by atoms with Gasteiger partial charge in [0, 0.05) is 20.0 Å². The van der Waals surface area contributed by atoms with Gasteiger partial charge in [0.15, 0.2) is 0 Å². The molecule has 4 N–H and O–H groups in total. The molecular weight excluding hydrogens is 275 g/mol. The van der Waals surface area contributed by atoms with Crippen LogP contribution in [0.25, 0.3) is 0 Å². The van der Waals surface area contributed by atoms with Gasteiger partial charge in [-0.2, -0.15) is 0 Å². The third-order valence-electron chi connectivity index (χ3n) is 3.28. The molecule has 0 fully saturated rings. The first-order valence-corrected chi connectivity index (χ1v) is 6.62. The predicted molar refractivity (Wildman–Crippen MR) is 80.2 cm³/mol. The third kappa shape index (κ3) is 5.03. The van der Waals surface area contributed by atoms with E-state index < -0.39 is 11.9 Å².